The summed E-state index contributed by atoms with van der Waals surface area (Å²) < 4.78 is 35.1. The Balaban J connectivity index is 1.41. The quantitative estimate of drug-likeness (QED) is 0.656. The van der Waals surface area contributed by atoms with E-state index in [4.69, 9.17) is 0 Å². The van der Waals surface area contributed by atoms with E-state index in [0.29, 0.717) is 10.5 Å². The van der Waals surface area contributed by atoms with E-state index in [-0.39, 0.29) is 28.5 Å². The first-order valence-electron chi connectivity index (χ1n) is 9.50. The van der Waals surface area contributed by atoms with Crippen molar-refractivity contribution in [2.45, 2.75) is 49.3 Å². The lowest BCUT2D eigenvalue weighted by Gasteiger charge is -2.43. The van der Waals surface area contributed by atoms with E-state index in [1.54, 1.807) is 13.1 Å². The highest BCUT2D eigenvalue weighted by Gasteiger charge is 2.55. The zero-order valence-corrected chi connectivity index (χ0v) is 17.3. The van der Waals surface area contributed by atoms with Crippen molar-refractivity contribution in [1.29, 1.82) is 0 Å². The molecule has 1 aromatic carbocycles. The summed E-state index contributed by atoms with van der Waals surface area (Å²) in [6.45, 7) is 3.47. The molecule has 3 aliphatic rings. The molecule has 12 heteroatoms. The molecule has 4 rings (SSSR count). The molecule has 0 saturated carbocycles. The van der Waals surface area contributed by atoms with Crippen molar-refractivity contribution in [3.63, 3.8) is 0 Å². The summed E-state index contributed by atoms with van der Waals surface area (Å²) in [5.41, 5.74) is 0.414. The number of amides is 3. The molecule has 166 valence electrons. The van der Waals surface area contributed by atoms with Crippen molar-refractivity contribution in [3.8, 4) is 11.5 Å². The van der Waals surface area contributed by atoms with Crippen LogP contribution in [0, 0.1) is 5.92 Å². The van der Waals surface area contributed by atoms with Crippen LogP contribution in [0.1, 0.15) is 31.9 Å². The summed E-state index contributed by atoms with van der Waals surface area (Å²) in [6.07, 6.45) is -1.78. The number of likely N-dealkylation sites (tertiary alicyclic amines) is 1. The number of urea groups is 1. The zero-order chi connectivity index (χ0) is 22.5. The van der Waals surface area contributed by atoms with E-state index in [1.165, 1.54) is 30.0 Å². The number of aliphatic imine (C=N–C) groups is 1. The fraction of sp³-hybridized carbons (Fsp3) is 0.474. The molecule has 31 heavy (non-hydrogen) atoms. The molecule has 3 amide bonds. The van der Waals surface area contributed by atoms with Gasteiger partial charge >= 0.3 is 18.3 Å². The summed E-state index contributed by atoms with van der Waals surface area (Å²) in [4.78, 5) is 41.8. The van der Waals surface area contributed by atoms with Gasteiger partial charge in [0.1, 0.15) is 0 Å². The van der Waals surface area contributed by atoms with Gasteiger partial charge in [0.05, 0.1) is 17.3 Å². The highest BCUT2D eigenvalue weighted by molar-refractivity contribution is 8.01. The number of benzene rings is 1. The number of fused-ring (bicyclic) bond motifs is 1. The number of nitrogens with zero attached hydrogens (tertiary/aromatic N) is 2. The van der Waals surface area contributed by atoms with Crippen LogP contribution in [0.4, 0.5) is 13.6 Å². The third-order valence-corrected chi connectivity index (χ3v) is 6.45. The number of carbonyl (C=O) groups excluding carboxylic acids is 2. The first-order chi connectivity index (χ1) is 14.6. The topological polar surface area (TPSA) is 118 Å². The van der Waals surface area contributed by atoms with Crippen molar-refractivity contribution in [2.75, 3.05) is 0 Å². The van der Waals surface area contributed by atoms with E-state index in [0.717, 1.165) is 0 Å². The molecule has 1 aromatic rings. The second-order valence-electron chi connectivity index (χ2n) is 7.45. The Morgan fingerprint density at radius 3 is 2.71 bits per heavy atom. The summed E-state index contributed by atoms with van der Waals surface area (Å²) >= 11 is 1.52. The van der Waals surface area contributed by atoms with Gasteiger partial charge in [-0.2, -0.15) is 0 Å². The number of alkyl halides is 2. The first kappa shape index (κ1) is 21.3. The number of carboxylic acids is 1. The van der Waals surface area contributed by atoms with Crippen LogP contribution in [0.2, 0.25) is 0 Å². The van der Waals surface area contributed by atoms with Gasteiger partial charge in [-0.1, -0.05) is 6.07 Å². The number of imide groups is 1. The molecule has 5 atom stereocenters. The number of nitrogens with one attached hydrogen (secondary N) is 1. The minimum absolute atomic E-state index is 0.0466. The maximum Gasteiger partial charge on any atom is 0.586 e. The molecule has 3 aliphatic heterocycles. The molecule has 0 spiro atoms. The molecular formula is C19H19F2N3O6S. The Kier molecular flexibility index (Phi) is 5.28. The Hall–Kier alpha value is -2.89. The summed E-state index contributed by atoms with van der Waals surface area (Å²) in [5.74, 6) is -2.99. The number of ether oxygens (including phenoxy) is 2. The fourth-order valence-corrected chi connectivity index (χ4v) is 4.87. The van der Waals surface area contributed by atoms with E-state index >= 15 is 0 Å². The standard InChI is InChI=1S/C19H19F2N3O6S/c1-8(10-3-4-13-14(5-10)30-19(20,21)29-13)23-18(28)24-15(17(26)27)12(16(24)25)6-11-7-22-9(2)31-11/h3-5,7-9,11-12,15H,6H2,1-2H3,(H,23,28)(H,26,27). The van der Waals surface area contributed by atoms with Gasteiger partial charge in [0.15, 0.2) is 17.5 Å². The molecule has 2 N–H and O–H groups in total. The second-order valence-corrected chi connectivity index (χ2v) is 9.01. The second kappa shape index (κ2) is 7.66. The van der Waals surface area contributed by atoms with Crippen LogP contribution < -0.4 is 14.8 Å². The normalized spacial score (nSPS) is 28.9. The number of hydrogen-bond acceptors (Lipinski definition) is 7. The van der Waals surface area contributed by atoms with E-state index in [9.17, 15) is 28.3 Å². The molecular weight excluding hydrogens is 436 g/mol. The lowest BCUT2D eigenvalue weighted by molar-refractivity contribution is -0.286. The number of carboxylic acid groups (broad SMARTS) is 1. The molecule has 9 nitrogen and oxygen atoms in total. The number of β-lactam (4-membered cyclic amide) rings is 1. The number of halogens is 2. The Bertz CT molecular complexity index is 974. The Morgan fingerprint density at radius 1 is 1.35 bits per heavy atom. The highest BCUT2D eigenvalue weighted by Crippen LogP contribution is 2.42. The fourth-order valence-electron chi connectivity index (χ4n) is 3.77. The van der Waals surface area contributed by atoms with Crippen molar-refractivity contribution >= 4 is 35.9 Å². The molecule has 0 bridgehead atoms. The van der Waals surface area contributed by atoms with Crippen LogP contribution in [0.15, 0.2) is 23.2 Å². The van der Waals surface area contributed by atoms with Crippen molar-refractivity contribution in [2.24, 2.45) is 10.9 Å². The molecule has 0 radical (unpaired) electrons. The summed E-state index contributed by atoms with van der Waals surface area (Å²) in [7, 11) is 0. The first-order valence-corrected chi connectivity index (χ1v) is 10.4. The number of carbonyl (C=O) groups is 3. The third kappa shape index (κ3) is 4.03. The number of rotatable bonds is 5. The maximum atomic E-state index is 13.2. The van der Waals surface area contributed by atoms with Crippen LogP contribution in [-0.2, 0) is 9.59 Å². The average molecular weight is 455 g/mol. The summed E-state index contributed by atoms with van der Waals surface area (Å²) in [5, 5.41) is 12.1. The molecule has 0 aromatic heterocycles. The molecule has 3 heterocycles. The Morgan fingerprint density at radius 2 is 2.06 bits per heavy atom. The van der Waals surface area contributed by atoms with E-state index in [2.05, 4.69) is 19.8 Å². The van der Waals surface area contributed by atoms with Gasteiger partial charge in [0.25, 0.3) is 0 Å². The molecule has 1 fully saturated rings. The zero-order valence-electron chi connectivity index (χ0n) is 16.5. The molecule has 5 unspecified atom stereocenters. The van der Waals surface area contributed by atoms with Crippen LogP contribution in [-0.4, -0.2) is 57.1 Å². The van der Waals surface area contributed by atoms with Crippen molar-refractivity contribution in [3.05, 3.63) is 23.8 Å². The number of hydrogen-bond donors (Lipinski definition) is 2. The minimum Gasteiger partial charge on any atom is -0.480 e. The van der Waals surface area contributed by atoms with Crippen LogP contribution >= 0.6 is 11.8 Å². The van der Waals surface area contributed by atoms with Crippen molar-refractivity contribution in [1.82, 2.24) is 10.2 Å². The van der Waals surface area contributed by atoms with Gasteiger partial charge in [0, 0.05) is 11.5 Å². The Labute approximate surface area is 179 Å². The van der Waals surface area contributed by atoms with Gasteiger partial charge in [-0.15, -0.1) is 20.5 Å². The average Bonchev–Trinajstić information content (AvgIpc) is 3.22. The smallest absolute Gasteiger partial charge is 0.480 e. The monoisotopic (exact) mass is 455 g/mol. The van der Waals surface area contributed by atoms with Crippen molar-refractivity contribution < 1.29 is 37.7 Å². The van der Waals surface area contributed by atoms with Crippen LogP contribution in [0.25, 0.3) is 0 Å². The summed E-state index contributed by atoms with van der Waals surface area (Å²) in [6, 6.07) is 1.16. The predicted molar refractivity (Wildman–Crippen MR) is 105 cm³/mol. The van der Waals surface area contributed by atoms with Gasteiger partial charge < -0.3 is 19.9 Å². The van der Waals surface area contributed by atoms with E-state index in [1.807, 2.05) is 6.92 Å². The maximum absolute atomic E-state index is 13.2. The van der Waals surface area contributed by atoms with E-state index < -0.39 is 42.2 Å². The SMILES string of the molecule is CC1N=CC(CC2C(=O)N(C(=O)NC(C)c3ccc4c(c3)OC(F)(F)O4)C2C(=O)O)S1. The van der Waals surface area contributed by atoms with Gasteiger partial charge in [-0.05, 0) is 38.0 Å². The lowest BCUT2D eigenvalue weighted by Crippen LogP contribution is -2.68. The highest BCUT2D eigenvalue weighted by atomic mass is 32.2. The van der Waals surface area contributed by atoms with Gasteiger partial charge in [-0.3, -0.25) is 9.79 Å². The van der Waals surface area contributed by atoms with Gasteiger partial charge in [0.2, 0.25) is 5.91 Å². The predicted octanol–water partition coefficient (Wildman–Crippen LogP) is 2.61. The molecule has 1 saturated heterocycles. The minimum atomic E-state index is -3.76. The van der Waals surface area contributed by atoms with Gasteiger partial charge in [-0.25, -0.2) is 14.5 Å². The third-order valence-electron chi connectivity index (χ3n) is 5.27. The van der Waals surface area contributed by atoms with Crippen LogP contribution in [0.5, 0.6) is 11.5 Å². The number of thioether (sulfide) groups is 1. The lowest BCUT2D eigenvalue weighted by atomic mass is 9.84. The van der Waals surface area contributed by atoms with Crippen LogP contribution in [0.3, 0.4) is 0 Å². The largest absolute Gasteiger partial charge is 0.586 e. The molecule has 0 aliphatic carbocycles. The number of aliphatic carboxylic acids is 1.